The summed E-state index contributed by atoms with van der Waals surface area (Å²) >= 11 is 3.58. The van der Waals surface area contributed by atoms with Crippen LogP contribution in [0.2, 0.25) is 0 Å². The van der Waals surface area contributed by atoms with Crippen molar-refractivity contribution >= 4 is 33.3 Å². The van der Waals surface area contributed by atoms with Crippen LogP contribution in [0.5, 0.6) is 0 Å². The van der Waals surface area contributed by atoms with Gasteiger partial charge < -0.3 is 0 Å². The first kappa shape index (κ1) is 16.2. The molecule has 4 nitrogen and oxygen atoms in total. The molecule has 1 aliphatic carbocycles. The maximum atomic E-state index is 13.0. The van der Waals surface area contributed by atoms with Crippen LogP contribution in [0.25, 0.3) is 0 Å². The molecule has 126 valence electrons. The molecule has 0 radical (unpaired) electrons. The maximum absolute atomic E-state index is 13.0. The molecule has 5 heteroatoms. The zero-order valence-corrected chi connectivity index (χ0v) is 15.2. The Labute approximate surface area is 154 Å². The van der Waals surface area contributed by atoms with Gasteiger partial charge in [-0.25, -0.2) is 0 Å². The Kier molecular flexibility index (Phi) is 4.25. The number of halogens is 1. The molecule has 2 aromatic rings. The number of amides is 1. The number of Topliss-reactive ketones (excluding diaryl/α,β-unsaturated/α-hetero) is 1. The molecule has 0 fully saturated rings. The Bertz CT molecular complexity index is 876. The summed E-state index contributed by atoms with van der Waals surface area (Å²) in [6.45, 7) is 0. The van der Waals surface area contributed by atoms with E-state index in [9.17, 15) is 9.59 Å². The SMILES string of the molecule is O=C1CCCC2=C1C(c1ccccc1Br)CC(=O)N2c1cccnc1. The molecule has 1 aromatic heterocycles. The van der Waals surface area contributed by atoms with Crippen molar-refractivity contribution in [1.29, 1.82) is 0 Å². The lowest BCUT2D eigenvalue weighted by Gasteiger charge is -2.38. The lowest BCUT2D eigenvalue weighted by molar-refractivity contribution is -0.119. The van der Waals surface area contributed by atoms with Crippen LogP contribution in [0, 0.1) is 0 Å². The fraction of sp³-hybridized carbons (Fsp3) is 0.250. The summed E-state index contributed by atoms with van der Waals surface area (Å²) in [4.78, 5) is 31.6. The monoisotopic (exact) mass is 396 g/mol. The van der Waals surface area contributed by atoms with E-state index in [1.165, 1.54) is 0 Å². The van der Waals surface area contributed by atoms with Crippen LogP contribution in [0.1, 0.15) is 37.2 Å². The second-order valence-corrected chi connectivity index (χ2v) is 7.21. The van der Waals surface area contributed by atoms with Crippen molar-refractivity contribution < 1.29 is 9.59 Å². The van der Waals surface area contributed by atoms with Gasteiger partial charge in [-0.05, 0) is 36.6 Å². The molecule has 0 saturated carbocycles. The molecule has 0 saturated heterocycles. The van der Waals surface area contributed by atoms with Crippen LogP contribution >= 0.6 is 15.9 Å². The van der Waals surface area contributed by atoms with E-state index in [0.29, 0.717) is 12.8 Å². The number of anilines is 1. The Hall–Kier alpha value is -2.27. The van der Waals surface area contributed by atoms with E-state index >= 15 is 0 Å². The first-order valence-corrected chi connectivity index (χ1v) is 9.20. The summed E-state index contributed by atoms with van der Waals surface area (Å²) in [6.07, 6.45) is 5.73. The van der Waals surface area contributed by atoms with E-state index in [4.69, 9.17) is 0 Å². The number of ketones is 1. The maximum Gasteiger partial charge on any atom is 0.232 e. The van der Waals surface area contributed by atoms with Gasteiger partial charge in [0.15, 0.2) is 5.78 Å². The molecule has 0 bridgehead atoms. The summed E-state index contributed by atoms with van der Waals surface area (Å²) in [5.74, 6) is -0.00982. The fourth-order valence-corrected chi connectivity index (χ4v) is 4.36. The van der Waals surface area contributed by atoms with Crippen LogP contribution in [0.4, 0.5) is 5.69 Å². The average molecular weight is 397 g/mol. The van der Waals surface area contributed by atoms with Crippen LogP contribution < -0.4 is 4.90 Å². The Morgan fingerprint density at radius 1 is 1.08 bits per heavy atom. The van der Waals surface area contributed by atoms with E-state index < -0.39 is 0 Å². The lowest BCUT2D eigenvalue weighted by atomic mass is 9.77. The minimum Gasteiger partial charge on any atom is -0.294 e. The molecule has 2 heterocycles. The smallest absolute Gasteiger partial charge is 0.232 e. The highest BCUT2D eigenvalue weighted by atomic mass is 79.9. The second-order valence-electron chi connectivity index (χ2n) is 6.36. The largest absolute Gasteiger partial charge is 0.294 e. The average Bonchev–Trinajstić information content (AvgIpc) is 2.62. The van der Waals surface area contributed by atoms with E-state index in [2.05, 4.69) is 20.9 Å². The molecule has 0 spiro atoms. The van der Waals surface area contributed by atoms with Crippen molar-refractivity contribution in [1.82, 2.24) is 4.98 Å². The third-order valence-corrected chi connectivity index (χ3v) is 5.58. The fourth-order valence-electron chi connectivity index (χ4n) is 3.80. The van der Waals surface area contributed by atoms with Crippen LogP contribution in [0.3, 0.4) is 0 Å². The Balaban J connectivity index is 1.89. The topological polar surface area (TPSA) is 50.3 Å². The van der Waals surface area contributed by atoms with Gasteiger partial charge in [-0.2, -0.15) is 0 Å². The zero-order chi connectivity index (χ0) is 17.4. The number of rotatable bonds is 2. The van der Waals surface area contributed by atoms with Gasteiger partial charge in [0.25, 0.3) is 0 Å². The quantitative estimate of drug-likeness (QED) is 0.756. The molecule has 1 aliphatic heterocycles. The van der Waals surface area contributed by atoms with Crippen molar-refractivity contribution in [3.63, 3.8) is 0 Å². The van der Waals surface area contributed by atoms with E-state index in [1.807, 2.05) is 36.4 Å². The highest BCUT2D eigenvalue weighted by Crippen LogP contribution is 2.44. The minimum absolute atomic E-state index is 0.0159. The molecule has 2 aliphatic rings. The number of carbonyl (C=O) groups excluding carboxylic acids is 2. The molecule has 25 heavy (non-hydrogen) atoms. The second kappa shape index (κ2) is 6.56. The third kappa shape index (κ3) is 2.82. The first-order chi connectivity index (χ1) is 12.2. The van der Waals surface area contributed by atoms with Gasteiger partial charge in [0.05, 0.1) is 11.9 Å². The van der Waals surface area contributed by atoms with E-state index in [-0.39, 0.29) is 17.6 Å². The zero-order valence-electron chi connectivity index (χ0n) is 13.6. The molecule has 4 rings (SSSR count). The van der Waals surface area contributed by atoms with Gasteiger partial charge in [0.2, 0.25) is 5.91 Å². The summed E-state index contributed by atoms with van der Waals surface area (Å²) < 4.78 is 0.938. The highest BCUT2D eigenvalue weighted by Gasteiger charge is 2.40. The lowest BCUT2D eigenvalue weighted by Crippen LogP contribution is -2.40. The molecule has 1 aromatic carbocycles. The number of allylic oxidation sites excluding steroid dienone is 2. The van der Waals surface area contributed by atoms with E-state index in [1.54, 1.807) is 17.3 Å². The number of hydrogen-bond donors (Lipinski definition) is 0. The number of benzene rings is 1. The van der Waals surface area contributed by atoms with Crippen molar-refractivity contribution in [2.75, 3.05) is 4.90 Å². The molecule has 0 N–H and O–H groups in total. The summed E-state index contributed by atoms with van der Waals surface area (Å²) in [6, 6.07) is 11.5. The van der Waals surface area contributed by atoms with Gasteiger partial charge >= 0.3 is 0 Å². The Morgan fingerprint density at radius 3 is 2.68 bits per heavy atom. The summed E-state index contributed by atoms with van der Waals surface area (Å²) in [5, 5.41) is 0. The number of aromatic nitrogens is 1. The van der Waals surface area contributed by atoms with Gasteiger partial charge in [0.1, 0.15) is 0 Å². The van der Waals surface area contributed by atoms with Crippen LogP contribution in [0.15, 0.2) is 64.5 Å². The molecular weight excluding hydrogens is 380 g/mol. The number of nitrogens with zero attached hydrogens (tertiary/aromatic N) is 2. The van der Waals surface area contributed by atoms with Crippen molar-refractivity contribution in [2.24, 2.45) is 0 Å². The predicted molar refractivity (Wildman–Crippen MR) is 99.1 cm³/mol. The standard InChI is InChI=1S/C20H17BrN2O2/c21-16-7-2-1-6-14(16)15-11-19(25)23(13-5-4-10-22-12-13)17-8-3-9-18(24)20(15)17/h1-2,4-7,10,12,15H,3,8-9,11H2. The molecule has 1 unspecified atom stereocenters. The van der Waals surface area contributed by atoms with Crippen LogP contribution in [-0.4, -0.2) is 16.7 Å². The summed E-state index contributed by atoms with van der Waals surface area (Å²) in [7, 11) is 0. The van der Waals surface area contributed by atoms with Crippen molar-refractivity contribution in [3.8, 4) is 0 Å². The molecular formula is C20H17BrN2O2. The van der Waals surface area contributed by atoms with Gasteiger partial charge in [-0.1, -0.05) is 34.1 Å². The van der Waals surface area contributed by atoms with Crippen molar-refractivity contribution in [3.05, 3.63) is 70.1 Å². The highest BCUT2D eigenvalue weighted by molar-refractivity contribution is 9.10. The van der Waals surface area contributed by atoms with Crippen molar-refractivity contribution in [2.45, 2.75) is 31.6 Å². The minimum atomic E-state index is -0.182. The van der Waals surface area contributed by atoms with E-state index in [0.717, 1.165) is 39.8 Å². The third-order valence-electron chi connectivity index (χ3n) is 4.86. The van der Waals surface area contributed by atoms with Gasteiger partial charge in [0, 0.05) is 40.7 Å². The normalized spacial score (nSPS) is 20.7. The predicted octanol–water partition coefficient (Wildman–Crippen LogP) is 4.37. The Morgan fingerprint density at radius 2 is 1.92 bits per heavy atom. The van der Waals surface area contributed by atoms with Gasteiger partial charge in [-0.15, -0.1) is 0 Å². The van der Waals surface area contributed by atoms with Crippen LogP contribution in [-0.2, 0) is 9.59 Å². The number of carbonyl (C=O) groups is 2. The van der Waals surface area contributed by atoms with Gasteiger partial charge in [-0.3, -0.25) is 19.5 Å². The first-order valence-electron chi connectivity index (χ1n) is 8.40. The molecule has 1 amide bonds. The number of hydrogen-bond acceptors (Lipinski definition) is 3. The number of pyridine rings is 1. The molecule has 1 atom stereocenters. The summed E-state index contributed by atoms with van der Waals surface area (Å²) in [5.41, 5.74) is 3.38.